The summed E-state index contributed by atoms with van der Waals surface area (Å²) >= 11 is 0. The van der Waals surface area contributed by atoms with Gasteiger partial charge in [0, 0.05) is 12.3 Å². The van der Waals surface area contributed by atoms with Gasteiger partial charge in [0.15, 0.2) is 0 Å². The minimum absolute atomic E-state index is 0.0333. The number of rotatable bonds is 2. The summed E-state index contributed by atoms with van der Waals surface area (Å²) in [4.78, 5) is 14.1. The molecule has 0 amide bonds. The van der Waals surface area contributed by atoms with Gasteiger partial charge in [0.25, 0.3) is 0 Å². The van der Waals surface area contributed by atoms with E-state index in [2.05, 4.69) is 10.4 Å². The Hall–Kier alpha value is -1.82. The third kappa shape index (κ3) is 1.43. The summed E-state index contributed by atoms with van der Waals surface area (Å²) in [6.45, 7) is 0. The molecule has 0 atom stereocenters. The van der Waals surface area contributed by atoms with Crippen LogP contribution in [0.4, 0.5) is 11.5 Å². The quantitative estimate of drug-likeness (QED) is 0.354. The van der Waals surface area contributed by atoms with Crippen LogP contribution < -0.4 is 17.0 Å². The molecule has 0 spiro atoms. The minimum atomic E-state index is -1.11. The molecule has 1 heterocycles. The van der Waals surface area contributed by atoms with Crippen LogP contribution in [0.5, 0.6) is 0 Å². The Balaban J connectivity index is 3.12. The average molecular weight is 168 g/mol. The molecule has 0 aliphatic carbocycles. The van der Waals surface area contributed by atoms with E-state index >= 15 is 0 Å². The van der Waals surface area contributed by atoms with Crippen molar-refractivity contribution in [2.75, 3.05) is 11.2 Å². The molecule has 12 heavy (non-hydrogen) atoms. The predicted octanol–water partition coefficient (Wildman–Crippen LogP) is -0.352. The van der Waals surface area contributed by atoms with Crippen molar-refractivity contribution in [2.24, 2.45) is 5.84 Å². The molecule has 0 aliphatic rings. The molecule has 0 aromatic carbocycles. The van der Waals surface area contributed by atoms with Gasteiger partial charge >= 0.3 is 5.97 Å². The number of nitrogen functional groups attached to an aromatic ring is 2. The lowest BCUT2D eigenvalue weighted by molar-refractivity contribution is 0.0697. The minimum Gasteiger partial charge on any atom is -0.478 e. The number of anilines is 2. The van der Waals surface area contributed by atoms with Gasteiger partial charge in [-0.15, -0.1) is 0 Å². The molecule has 0 saturated heterocycles. The second kappa shape index (κ2) is 3.05. The number of carboxylic acid groups (broad SMARTS) is 1. The molecule has 0 unspecified atom stereocenters. The highest BCUT2D eigenvalue weighted by molar-refractivity contribution is 5.93. The summed E-state index contributed by atoms with van der Waals surface area (Å²) in [5.74, 6) is 4.25. The van der Waals surface area contributed by atoms with E-state index in [1.807, 2.05) is 0 Å². The van der Waals surface area contributed by atoms with E-state index in [9.17, 15) is 4.79 Å². The lowest BCUT2D eigenvalue weighted by Crippen LogP contribution is -2.10. The number of nitrogens with one attached hydrogen (secondary N) is 1. The van der Waals surface area contributed by atoms with Gasteiger partial charge in [0.1, 0.15) is 11.4 Å². The Bertz CT molecular complexity index is 312. The highest BCUT2D eigenvalue weighted by Gasteiger charge is 2.07. The Morgan fingerprint density at radius 3 is 2.75 bits per heavy atom. The van der Waals surface area contributed by atoms with Crippen LogP contribution in [0, 0.1) is 0 Å². The van der Waals surface area contributed by atoms with Crippen molar-refractivity contribution in [3.05, 3.63) is 17.8 Å². The van der Waals surface area contributed by atoms with Crippen LogP contribution in [0.15, 0.2) is 12.3 Å². The maximum atomic E-state index is 10.4. The zero-order valence-electron chi connectivity index (χ0n) is 6.11. The first-order valence-electron chi connectivity index (χ1n) is 3.10. The normalized spacial score (nSPS) is 9.42. The standard InChI is InChI=1S/C6H8N4O2/c7-4-1-5(10-8)9-2-3(4)6(11)12/h1-2H,8H2,(H,11,12)(H3,7,9,10). The first-order chi connectivity index (χ1) is 5.65. The number of aromatic carboxylic acids is 1. The van der Waals surface area contributed by atoms with Crippen LogP contribution in [0.3, 0.4) is 0 Å². The van der Waals surface area contributed by atoms with Crippen LogP contribution in [-0.4, -0.2) is 16.1 Å². The number of aromatic nitrogens is 1. The van der Waals surface area contributed by atoms with Gasteiger partial charge in [0.2, 0.25) is 0 Å². The molecule has 6 nitrogen and oxygen atoms in total. The summed E-state index contributed by atoms with van der Waals surface area (Å²) in [7, 11) is 0. The van der Waals surface area contributed by atoms with Crippen molar-refractivity contribution >= 4 is 17.5 Å². The van der Waals surface area contributed by atoms with Gasteiger partial charge in [-0.2, -0.15) is 0 Å². The Labute approximate surface area is 68.2 Å². The molecule has 6 N–H and O–H groups in total. The van der Waals surface area contributed by atoms with Gasteiger partial charge < -0.3 is 16.3 Å². The highest BCUT2D eigenvalue weighted by atomic mass is 16.4. The van der Waals surface area contributed by atoms with Gasteiger partial charge in [-0.3, -0.25) is 0 Å². The number of hydrogen-bond acceptors (Lipinski definition) is 5. The third-order valence-corrected chi connectivity index (χ3v) is 1.31. The molecule has 0 radical (unpaired) electrons. The molecule has 0 bridgehead atoms. The highest BCUT2D eigenvalue weighted by Crippen LogP contribution is 2.13. The zero-order chi connectivity index (χ0) is 9.14. The Morgan fingerprint density at radius 2 is 2.33 bits per heavy atom. The monoisotopic (exact) mass is 168 g/mol. The number of nitrogens with zero attached hydrogens (tertiary/aromatic N) is 1. The van der Waals surface area contributed by atoms with Crippen LogP contribution in [0.25, 0.3) is 0 Å². The van der Waals surface area contributed by atoms with E-state index in [1.165, 1.54) is 6.07 Å². The van der Waals surface area contributed by atoms with E-state index < -0.39 is 5.97 Å². The second-order valence-corrected chi connectivity index (χ2v) is 2.11. The van der Waals surface area contributed by atoms with Crippen LogP contribution in [0.2, 0.25) is 0 Å². The Morgan fingerprint density at radius 1 is 1.67 bits per heavy atom. The number of hydrogen-bond donors (Lipinski definition) is 4. The summed E-state index contributed by atoms with van der Waals surface area (Å²) in [6, 6.07) is 1.35. The van der Waals surface area contributed by atoms with Crippen molar-refractivity contribution in [1.29, 1.82) is 0 Å². The van der Waals surface area contributed by atoms with Crippen molar-refractivity contribution < 1.29 is 9.90 Å². The molecule has 0 fully saturated rings. The molecule has 0 saturated carbocycles. The molecule has 6 heteroatoms. The van der Waals surface area contributed by atoms with E-state index in [0.29, 0.717) is 5.82 Å². The maximum absolute atomic E-state index is 10.4. The average Bonchev–Trinajstić information content (AvgIpc) is 2.03. The van der Waals surface area contributed by atoms with Crippen molar-refractivity contribution in [1.82, 2.24) is 4.98 Å². The van der Waals surface area contributed by atoms with Crippen molar-refractivity contribution in [2.45, 2.75) is 0 Å². The summed E-state index contributed by atoms with van der Waals surface area (Å²) < 4.78 is 0. The molecular weight excluding hydrogens is 160 g/mol. The van der Waals surface area contributed by atoms with Crippen molar-refractivity contribution in [3.8, 4) is 0 Å². The van der Waals surface area contributed by atoms with Crippen LogP contribution in [-0.2, 0) is 0 Å². The first-order valence-corrected chi connectivity index (χ1v) is 3.10. The molecule has 1 rings (SSSR count). The van der Waals surface area contributed by atoms with Gasteiger partial charge in [-0.25, -0.2) is 15.6 Å². The van der Waals surface area contributed by atoms with Crippen LogP contribution >= 0.6 is 0 Å². The topological polar surface area (TPSA) is 114 Å². The van der Waals surface area contributed by atoms with E-state index in [-0.39, 0.29) is 11.3 Å². The summed E-state index contributed by atoms with van der Waals surface area (Å²) in [5.41, 5.74) is 7.73. The summed E-state index contributed by atoms with van der Waals surface area (Å²) in [5, 5.41) is 8.56. The number of carbonyl (C=O) groups is 1. The zero-order valence-corrected chi connectivity index (χ0v) is 6.11. The Kier molecular flexibility index (Phi) is 2.11. The number of hydrazine groups is 1. The van der Waals surface area contributed by atoms with E-state index in [0.717, 1.165) is 6.20 Å². The first kappa shape index (κ1) is 8.28. The number of carboxylic acids is 1. The molecule has 0 aliphatic heterocycles. The van der Waals surface area contributed by atoms with Gasteiger partial charge in [0.05, 0.1) is 5.69 Å². The molecular formula is C6H8N4O2. The van der Waals surface area contributed by atoms with E-state index in [1.54, 1.807) is 0 Å². The van der Waals surface area contributed by atoms with E-state index in [4.69, 9.17) is 16.7 Å². The number of pyridine rings is 1. The molecule has 1 aromatic heterocycles. The van der Waals surface area contributed by atoms with Crippen LogP contribution in [0.1, 0.15) is 10.4 Å². The lowest BCUT2D eigenvalue weighted by atomic mass is 10.2. The predicted molar refractivity (Wildman–Crippen MR) is 43.4 cm³/mol. The second-order valence-electron chi connectivity index (χ2n) is 2.11. The fraction of sp³-hybridized carbons (Fsp3) is 0. The fourth-order valence-electron chi connectivity index (χ4n) is 0.729. The third-order valence-electron chi connectivity index (χ3n) is 1.31. The van der Waals surface area contributed by atoms with Gasteiger partial charge in [-0.1, -0.05) is 0 Å². The largest absolute Gasteiger partial charge is 0.478 e. The smallest absolute Gasteiger partial charge is 0.339 e. The maximum Gasteiger partial charge on any atom is 0.339 e. The SMILES string of the molecule is NNc1cc(N)c(C(=O)O)cn1. The molecule has 1 aromatic rings. The van der Waals surface area contributed by atoms with Crippen molar-refractivity contribution in [3.63, 3.8) is 0 Å². The van der Waals surface area contributed by atoms with Gasteiger partial charge in [-0.05, 0) is 0 Å². The molecule has 64 valence electrons. The fourth-order valence-corrected chi connectivity index (χ4v) is 0.729. The summed E-state index contributed by atoms with van der Waals surface area (Å²) in [6.07, 6.45) is 1.15. The lowest BCUT2D eigenvalue weighted by Gasteiger charge is -2.02. The number of nitrogens with two attached hydrogens (primary N) is 2.